The minimum atomic E-state index is -1.84. The Balaban J connectivity index is 4.59. The molecule has 0 aromatic rings. The Morgan fingerprint density at radius 1 is 1.38 bits per heavy atom. The lowest BCUT2D eigenvalue weighted by Crippen LogP contribution is -2.28. The molecule has 8 heteroatoms. The van der Waals surface area contributed by atoms with Crippen LogP contribution < -0.4 is 5.32 Å². The highest BCUT2D eigenvalue weighted by atomic mass is 31.1. The molecule has 0 rings (SSSR count). The Hall–Kier alpha value is -1.46. The third-order valence-electron chi connectivity index (χ3n) is 1.48. The van der Waals surface area contributed by atoms with Gasteiger partial charge in [0.25, 0.3) is 0 Å². The van der Waals surface area contributed by atoms with E-state index in [-0.39, 0.29) is 11.9 Å². The Morgan fingerprint density at radius 3 is 2.44 bits per heavy atom. The van der Waals surface area contributed by atoms with Gasteiger partial charge in [-0.15, -0.1) is 0 Å². The minimum Gasteiger partial charge on any atom is -0.464 e. The highest BCUT2D eigenvalue weighted by Crippen LogP contribution is 2.18. The summed E-state index contributed by atoms with van der Waals surface area (Å²) in [5.41, 5.74) is -0.175. The molecule has 0 spiro atoms. The molecule has 0 bridgehead atoms. The third-order valence-corrected chi connectivity index (χ3v) is 2.39. The van der Waals surface area contributed by atoms with Crippen molar-refractivity contribution in [2.24, 2.45) is 0 Å². The number of carbonyl (C=O) groups is 2. The Labute approximate surface area is 93.2 Å². The fourth-order valence-corrected chi connectivity index (χ4v) is 1.21. The summed E-state index contributed by atoms with van der Waals surface area (Å²) in [6.45, 7) is 0. The molecule has 0 heterocycles. The summed E-state index contributed by atoms with van der Waals surface area (Å²) in [7, 11) is 0.437. The first-order chi connectivity index (χ1) is 7.54. The number of aliphatic hydroxyl groups is 1. The van der Waals surface area contributed by atoms with Crippen LogP contribution in [0.15, 0.2) is 11.8 Å². The highest BCUT2D eigenvalue weighted by Gasteiger charge is 2.17. The van der Waals surface area contributed by atoms with Crippen LogP contribution in [0.4, 0.5) is 4.79 Å². The molecule has 7 nitrogen and oxygen atoms in total. The molecule has 0 saturated heterocycles. The van der Waals surface area contributed by atoms with E-state index >= 15 is 0 Å². The van der Waals surface area contributed by atoms with E-state index in [9.17, 15) is 14.2 Å². The lowest BCUT2D eigenvalue weighted by Gasteiger charge is -2.05. The summed E-state index contributed by atoms with van der Waals surface area (Å²) in [6, 6.07) is 0. The lowest BCUT2D eigenvalue weighted by molar-refractivity contribution is -0.136. The van der Waals surface area contributed by atoms with Gasteiger partial charge in [-0.25, -0.2) is 9.59 Å². The van der Waals surface area contributed by atoms with Crippen LogP contribution in [0.2, 0.25) is 0 Å². The largest absolute Gasteiger partial charge is 0.464 e. The Morgan fingerprint density at radius 2 is 2.00 bits per heavy atom. The second-order valence-corrected chi connectivity index (χ2v) is 4.14. The smallest absolute Gasteiger partial charge is 0.411 e. The maximum absolute atomic E-state index is 11.1. The lowest BCUT2D eigenvalue weighted by atomic mass is 10.4. The molecule has 0 aliphatic carbocycles. The van der Waals surface area contributed by atoms with E-state index < -0.39 is 26.2 Å². The van der Waals surface area contributed by atoms with Gasteiger partial charge in [0.15, 0.2) is 6.16 Å². The zero-order valence-corrected chi connectivity index (χ0v) is 9.82. The van der Waals surface area contributed by atoms with Gasteiger partial charge in [-0.2, -0.15) is 0 Å². The summed E-state index contributed by atoms with van der Waals surface area (Å²) < 4.78 is 19.6. The van der Waals surface area contributed by atoms with Crippen molar-refractivity contribution < 1.29 is 28.7 Å². The van der Waals surface area contributed by atoms with Crippen LogP contribution in [0, 0.1) is 0 Å². The van der Waals surface area contributed by atoms with Crippen molar-refractivity contribution in [3.8, 4) is 0 Å². The summed E-state index contributed by atoms with van der Waals surface area (Å²) in [5.74, 6) is -0.785. The quantitative estimate of drug-likeness (QED) is 0.410. The number of esters is 1. The molecule has 1 unspecified atom stereocenters. The first-order valence-corrected chi connectivity index (χ1v) is 5.84. The number of allylic oxidation sites excluding steroid dienone is 1. The number of hydrogen-bond acceptors (Lipinski definition) is 6. The first-order valence-electron chi connectivity index (χ1n) is 4.21. The van der Waals surface area contributed by atoms with E-state index in [4.69, 9.17) is 5.11 Å². The standard InChI is InChI=1S/C8H12NO6P/c1-14-7(11)6(9-8(12)15-2)3-4-16(13)5-10/h3,10H,4-5H2,1-2H3/p+1/b6-3-. The number of aliphatic hydroxyl groups excluding tert-OH is 1. The average Bonchev–Trinajstić information content (AvgIpc) is 2.32. The topological polar surface area (TPSA) is 102 Å². The van der Waals surface area contributed by atoms with Gasteiger partial charge < -0.3 is 14.6 Å². The van der Waals surface area contributed by atoms with E-state index in [2.05, 4.69) is 14.8 Å². The highest BCUT2D eigenvalue weighted by molar-refractivity contribution is 7.44. The van der Waals surface area contributed by atoms with Crippen LogP contribution in [0.25, 0.3) is 0 Å². The Bertz CT molecular complexity index is 314. The van der Waals surface area contributed by atoms with Crippen molar-refractivity contribution in [1.82, 2.24) is 5.32 Å². The molecule has 0 fully saturated rings. The Kier molecular flexibility index (Phi) is 7.07. The van der Waals surface area contributed by atoms with Gasteiger partial charge in [-0.05, 0) is 6.08 Å². The molecule has 2 N–H and O–H groups in total. The molecular weight excluding hydrogens is 237 g/mol. The van der Waals surface area contributed by atoms with E-state index in [0.717, 1.165) is 14.2 Å². The molecule has 90 valence electrons. The fraction of sp³-hybridized carbons (Fsp3) is 0.500. The van der Waals surface area contributed by atoms with Crippen LogP contribution in [-0.4, -0.2) is 43.9 Å². The van der Waals surface area contributed by atoms with Crippen LogP contribution in [-0.2, 0) is 18.8 Å². The van der Waals surface area contributed by atoms with Gasteiger partial charge in [-0.1, -0.05) is 4.57 Å². The van der Waals surface area contributed by atoms with Gasteiger partial charge in [0, 0.05) is 0 Å². The van der Waals surface area contributed by atoms with Gasteiger partial charge >= 0.3 is 19.9 Å². The molecule has 0 saturated carbocycles. The molecule has 16 heavy (non-hydrogen) atoms. The monoisotopic (exact) mass is 250 g/mol. The number of methoxy groups -OCH3 is 2. The summed E-state index contributed by atoms with van der Waals surface area (Å²) in [5, 5.41) is 10.6. The summed E-state index contributed by atoms with van der Waals surface area (Å²) >= 11 is 0. The summed E-state index contributed by atoms with van der Waals surface area (Å²) in [4.78, 5) is 22.0. The molecule has 1 amide bonds. The predicted molar refractivity (Wildman–Crippen MR) is 55.2 cm³/mol. The van der Waals surface area contributed by atoms with Gasteiger partial charge in [0.2, 0.25) is 6.35 Å². The maximum Gasteiger partial charge on any atom is 0.411 e. The first kappa shape index (κ1) is 14.5. The van der Waals surface area contributed by atoms with Crippen LogP contribution in [0.1, 0.15) is 0 Å². The van der Waals surface area contributed by atoms with Crippen molar-refractivity contribution in [2.75, 3.05) is 26.7 Å². The molecule has 0 aliphatic rings. The van der Waals surface area contributed by atoms with Gasteiger partial charge in [0.05, 0.1) is 14.2 Å². The third kappa shape index (κ3) is 5.43. The molecule has 0 aromatic heterocycles. The van der Waals surface area contributed by atoms with Crippen LogP contribution in [0.5, 0.6) is 0 Å². The minimum absolute atomic E-state index is 0.0414. The number of carbonyl (C=O) groups excluding carboxylic acids is 2. The van der Waals surface area contributed by atoms with Crippen molar-refractivity contribution in [3.63, 3.8) is 0 Å². The van der Waals surface area contributed by atoms with Crippen molar-refractivity contribution in [2.45, 2.75) is 0 Å². The predicted octanol–water partition coefficient (Wildman–Crippen LogP) is 0.176. The number of alkyl carbamates (subject to hydrolysis) is 1. The van der Waals surface area contributed by atoms with Crippen molar-refractivity contribution in [1.29, 1.82) is 0 Å². The number of nitrogens with one attached hydrogen (secondary N) is 1. The number of ether oxygens (including phenoxy) is 2. The zero-order chi connectivity index (χ0) is 12.6. The van der Waals surface area contributed by atoms with Gasteiger partial charge in [0.1, 0.15) is 5.70 Å². The SMILES string of the molecule is COC(=O)N/C(=C\C[P+](=O)CO)C(=O)OC. The fourth-order valence-electron chi connectivity index (χ4n) is 0.707. The van der Waals surface area contributed by atoms with E-state index in [1.54, 1.807) is 0 Å². The second kappa shape index (κ2) is 7.78. The number of rotatable bonds is 5. The van der Waals surface area contributed by atoms with Gasteiger partial charge in [-0.3, -0.25) is 5.32 Å². The number of hydrogen-bond donors (Lipinski definition) is 2. The van der Waals surface area contributed by atoms with Crippen molar-refractivity contribution in [3.05, 3.63) is 11.8 Å². The van der Waals surface area contributed by atoms with E-state index in [1.807, 2.05) is 0 Å². The molecule has 1 atom stereocenters. The average molecular weight is 250 g/mol. The van der Waals surface area contributed by atoms with Crippen LogP contribution >= 0.6 is 7.80 Å². The molecule has 0 aliphatic heterocycles. The van der Waals surface area contributed by atoms with E-state index in [1.165, 1.54) is 6.08 Å². The molecule has 0 radical (unpaired) electrons. The van der Waals surface area contributed by atoms with E-state index in [0.29, 0.717) is 0 Å². The van der Waals surface area contributed by atoms with Crippen molar-refractivity contribution >= 4 is 19.9 Å². The molecular formula is C8H13NO6P+. The zero-order valence-electron chi connectivity index (χ0n) is 8.93. The summed E-state index contributed by atoms with van der Waals surface area (Å²) in [6.07, 6.45) is -0.160. The normalized spacial score (nSPS) is 11.7. The van der Waals surface area contributed by atoms with Crippen LogP contribution in [0.3, 0.4) is 0 Å². The maximum atomic E-state index is 11.1. The number of amides is 1. The molecule has 0 aromatic carbocycles. The second-order valence-electron chi connectivity index (χ2n) is 2.53.